The molecule has 3 rings (SSSR count). The summed E-state index contributed by atoms with van der Waals surface area (Å²) in [5.41, 5.74) is 2.29. The van der Waals surface area contributed by atoms with E-state index in [2.05, 4.69) is 40.8 Å². The van der Waals surface area contributed by atoms with Gasteiger partial charge in [0.05, 0.1) is 23.9 Å². The summed E-state index contributed by atoms with van der Waals surface area (Å²) in [5, 5.41) is 5.60. The molecule has 0 radical (unpaired) electrons. The predicted molar refractivity (Wildman–Crippen MR) is 170 cm³/mol. The number of halogens is 3. The van der Waals surface area contributed by atoms with E-state index in [1.54, 1.807) is 12.1 Å². The fraction of sp³-hybridized carbons (Fsp3) is 0.345. The van der Waals surface area contributed by atoms with E-state index in [4.69, 9.17) is 4.74 Å². The van der Waals surface area contributed by atoms with Crippen molar-refractivity contribution in [1.29, 1.82) is 0 Å². The molecule has 0 aliphatic rings. The number of aryl methyl sites for hydroxylation is 1. The summed E-state index contributed by atoms with van der Waals surface area (Å²) < 4.78 is 84.8. The summed E-state index contributed by atoms with van der Waals surface area (Å²) in [6.45, 7) is 8.05. The van der Waals surface area contributed by atoms with Crippen molar-refractivity contribution < 1.29 is 35.1 Å². The Balaban J connectivity index is 0.00000675. The number of ether oxygens (including phenoxy) is 1. The molecule has 1 unspecified atom stereocenters. The van der Waals surface area contributed by atoms with Crippen molar-refractivity contribution >= 4 is 49.7 Å². The van der Waals surface area contributed by atoms with Crippen LogP contribution < -0.4 is 24.8 Å². The van der Waals surface area contributed by atoms with E-state index in [1.807, 2.05) is 13.0 Å². The Bertz CT molecular complexity index is 1720. The van der Waals surface area contributed by atoms with Crippen LogP contribution in [0.25, 0.3) is 0 Å². The molecular weight excluding hydrogens is 638 g/mol. The fourth-order valence-corrected chi connectivity index (χ4v) is 5.40. The van der Waals surface area contributed by atoms with Crippen LogP contribution >= 0.6 is 12.4 Å². The first-order valence-corrected chi connectivity index (χ1v) is 16.9. The van der Waals surface area contributed by atoms with Crippen LogP contribution in [0.2, 0.25) is 0 Å². The Morgan fingerprint density at radius 3 is 1.75 bits per heavy atom. The molecular formula is C29H37ClF2N4O6S2. The van der Waals surface area contributed by atoms with E-state index in [9.17, 15) is 30.4 Å². The maximum Gasteiger partial charge on any atom is 0.276 e. The Kier molecular flexibility index (Phi) is 12.1. The van der Waals surface area contributed by atoms with E-state index in [0.29, 0.717) is 16.9 Å². The maximum atomic E-state index is 14.5. The molecule has 242 valence electrons. The second-order valence-corrected chi connectivity index (χ2v) is 14.7. The van der Waals surface area contributed by atoms with Gasteiger partial charge in [0.2, 0.25) is 26.3 Å². The highest BCUT2D eigenvalue weighted by molar-refractivity contribution is 7.92. The largest absolute Gasteiger partial charge is 0.466 e. The predicted octanol–water partition coefficient (Wildman–Crippen LogP) is 4.55. The van der Waals surface area contributed by atoms with Gasteiger partial charge in [-0.2, -0.15) is 0 Å². The fourth-order valence-electron chi connectivity index (χ4n) is 4.27. The Labute approximate surface area is 263 Å². The normalized spacial score (nSPS) is 12.5. The SMILES string of the molecule is Cc1cc(OC(NCc2ccc(NS(C)(=O)=O)c(F)c2)C(=O)NCc2ccc(NS(C)(=O)=O)c(F)c2)ccc1C(C)(C)C.Cl. The van der Waals surface area contributed by atoms with Crippen molar-refractivity contribution in [2.75, 3.05) is 22.0 Å². The topological polar surface area (TPSA) is 143 Å². The number of hydrogen-bond donors (Lipinski definition) is 4. The number of amides is 1. The molecule has 0 spiro atoms. The molecule has 3 aromatic carbocycles. The monoisotopic (exact) mass is 674 g/mol. The summed E-state index contributed by atoms with van der Waals surface area (Å²) in [7, 11) is -7.35. The number of carbonyl (C=O) groups is 1. The molecule has 0 aliphatic heterocycles. The van der Waals surface area contributed by atoms with Crippen molar-refractivity contribution in [3.8, 4) is 5.75 Å². The minimum Gasteiger partial charge on any atom is -0.466 e. The average Bonchev–Trinajstić information content (AvgIpc) is 2.86. The summed E-state index contributed by atoms with van der Waals surface area (Å²) in [4.78, 5) is 13.2. The molecule has 3 aromatic rings. The average molecular weight is 675 g/mol. The number of hydrogen-bond acceptors (Lipinski definition) is 7. The lowest BCUT2D eigenvalue weighted by molar-refractivity contribution is -0.129. The first-order chi connectivity index (χ1) is 19.8. The standard InChI is InChI=1S/C29H36F2N4O6S2.ClH/c1-18-13-21(9-10-22(18)29(2,3)4)41-28(33-17-20-8-12-26(24(31)15-20)35-43(6,39)40)27(36)32-16-19-7-11-25(23(30)14-19)34-42(5,37)38;/h7-15,28,33-35H,16-17H2,1-6H3,(H,32,36);1H. The van der Waals surface area contributed by atoms with Gasteiger partial charge in [0.25, 0.3) is 5.91 Å². The van der Waals surface area contributed by atoms with Gasteiger partial charge < -0.3 is 10.1 Å². The van der Waals surface area contributed by atoms with Crippen LogP contribution in [-0.4, -0.2) is 41.5 Å². The first-order valence-electron chi connectivity index (χ1n) is 13.1. The van der Waals surface area contributed by atoms with Crippen LogP contribution in [0.4, 0.5) is 20.2 Å². The molecule has 15 heteroatoms. The van der Waals surface area contributed by atoms with Crippen molar-refractivity contribution in [2.45, 2.75) is 52.4 Å². The van der Waals surface area contributed by atoms with Crippen LogP contribution in [0.1, 0.15) is 43.0 Å². The van der Waals surface area contributed by atoms with Gasteiger partial charge in [-0.25, -0.2) is 25.6 Å². The highest BCUT2D eigenvalue weighted by Crippen LogP contribution is 2.28. The van der Waals surface area contributed by atoms with Crippen LogP contribution in [0.15, 0.2) is 54.6 Å². The molecule has 0 saturated heterocycles. The van der Waals surface area contributed by atoms with E-state index in [0.717, 1.165) is 35.8 Å². The van der Waals surface area contributed by atoms with Crippen LogP contribution in [0, 0.1) is 18.6 Å². The number of nitrogens with one attached hydrogen (secondary N) is 4. The van der Waals surface area contributed by atoms with Gasteiger partial charge in [-0.15, -0.1) is 12.4 Å². The zero-order valence-electron chi connectivity index (χ0n) is 25.1. The Hall–Kier alpha value is -3.46. The summed E-state index contributed by atoms with van der Waals surface area (Å²) in [6, 6.07) is 13.2. The van der Waals surface area contributed by atoms with Crippen molar-refractivity contribution in [2.24, 2.45) is 0 Å². The lowest BCUT2D eigenvalue weighted by Crippen LogP contribution is -2.47. The number of carbonyl (C=O) groups excluding carboxylic acids is 1. The summed E-state index contributed by atoms with van der Waals surface area (Å²) in [6.07, 6.45) is 0.557. The maximum absolute atomic E-state index is 14.5. The van der Waals surface area contributed by atoms with Gasteiger partial charge in [0.1, 0.15) is 17.4 Å². The molecule has 0 heterocycles. The van der Waals surface area contributed by atoms with E-state index in [1.165, 1.54) is 24.3 Å². The molecule has 0 bridgehead atoms. The first kappa shape index (κ1) is 36.7. The third kappa shape index (κ3) is 11.2. The second-order valence-electron chi connectivity index (χ2n) is 11.2. The van der Waals surface area contributed by atoms with E-state index in [-0.39, 0.29) is 42.3 Å². The molecule has 0 aliphatic carbocycles. The zero-order chi connectivity index (χ0) is 32.2. The molecule has 1 amide bonds. The van der Waals surface area contributed by atoms with Crippen molar-refractivity contribution in [3.63, 3.8) is 0 Å². The smallest absolute Gasteiger partial charge is 0.276 e. The van der Waals surface area contributed by atoms with Gasteiger partial charge in [0.15, 0.2) is 0 Å². The van der Waals surface area contributed by atoms with E-state index >= 15 is 0 Å². The number of benzene rings is 3. The molecule has 0 fully saturated rings. The van der Waals surface area contributed by atoms with Crippen molar-refractivity contribution in [1.82, 2.24) is 10.6 Å². The van der Waals surface area contributed by atoms with Crippen LogP contribution in [0.5, 0.6) is 5.75 Å². The number of rotatable bonds is 12. The van der Waals surface area contributed by atoms with Gasteiger partial charge in [-0.3, -0.25) is 19.6 Å². The lowest BCUT2D eigenvalue weighted by Gasteiger charge is -2.24. The molecule has 44 heavy (non-hydrogen) atoms. The van der Waals surface area contributed by atoms with Gasteiger partial charge in [0, 0.05) is 13.1 Å². The summed E-state index contributed by atoms with van der Waals surface area (Å²) >= 11 is 0. The summed E-state index contributed by atoms with van der Waals surface area (Å²) in [5.74, 6) is -1.81. The highest BCUT2D eigenvalue weighted by Gasteiger charge is 2.22. The minimum absolute atomic E-state index is 0. The molecule has 10 nitrogen and oxygen atoms in total. The Morgan fingerprint density at radius 1 is 0.818 bits per heavy atom. The van der Waals surface area contributed by atoms with Gasteiger partial charge >= 0.3 is 0 Å². The van der Waals surface area contributed by atoms with Crippen LogP contribution in [-0.2, 0) is 43.3 Å². The zero-order valence-corrected chi connectivity index (χ0v) is 27.6. The molecule has 0 saturated carbocycles. The lowest BCUT2D eigenvalue weighted by atomic mass is 9.84. The van der Waals surface area contributed by atoms with Gasteiger partial charge in [-0.05, 0) is 71.0 Å². The third-order valence-corrected chi connectivity index (χ3v) is 7.30. The minimum atomic E-state index is -3.67. The second kappa shape index (κ2) is 14.5. The highest BCUT2D eigenvalue weighted by atomic mass is 35.5. The van der Waals surface area contributed by atoms with Crippen LogP contribution in [0.3, 0.4) is 0 Å². The number of sulfonamides is 2. The quantitative estimate of drug-likeness (QED) is 0.207. The van der Waals surface area contributed by atoms with E-state index < -0.39 is 43.8 Å². The molecule has 0 aromatic heterocycles. The molecule has 4 N–H and O–H groups in total. The Morgan fingerprint density at radius 2 is 1.32 bits per heavy atom. The number of anilines is 2. The third-order valence-electron chi connectivity index (χ3n) is 6.11. The molecule has 1 atom stereocenters. The van der Waals surface area contributed by atoms with Crippen molar-refractivity contribution in [3.05, 3.63) is 88.5 Å². The van der Waals surface area contributed by atoms with Gasteiger partial charge in [-0.1, -0.05) is 39.0 Å².